The van der Waals surface area contributed by atoms with Crippen LogP contribution in [0, 0.1) is 0 Å². The Morgan fingerprint density at radius 2 is 1.09 bits per heavy atom. The lowest BCUT2D eigenvalue weighted by atomic mass is 9.92. The monoisotopic (exact) mass is 806 g/mol. The molecule has 0 saturated carbocycles. The largest absolute Gasteiger partial charge is 0.504 e. The second-order valence-corrected chi connectivity index (χ2v) is 12.5. The van der Waals surface area contributed by atoms with Crippen molar-refractivity contribution < 1.29 is 99.0 Å². The number of aliphatic hydroxyl groups is 1. The Morgan fingerprint density at radius 1 is 0.603 bits per heavy atom. The number of fused-ring (bicyclic) bond motifs is 4. The average molecular weight is 807 g/mol. The van der Waals surface area contributed by atoms with E-state index in [-0.39, 0.29) is 11.1 Å². The van der Waals surface area contributed by atoms with Gasteiger partial charge in [-0.05, 0) is 59.7 Å². The van der Waals surface area contributed by atoms with Gasteiger partial charge in [-0.15, -0.1) is 0 Å². The summed E-state index contributed by atoms with van der Waals surface area (Å²) in [7, 11) is 0. The van der Waals surface area contributed by atoms with Gasteiger partial charge >= 0.3 is 23.9 Å². The summed E-state index contributed by atoms with van der Waals surface area (Å²) in [5.41, 5.74) is -3.22. The van der Waals surface area contributed by atoms with E-state index < -0.39 is 141 Å². The number of benzene rings is 4. The van der Waals surface area contributed by atoms with Gasteiger partial charge in [0, 0.05) is 23.3 Å². The van der Waals surface area contributed by atoms with E-state index in [0.29, 0.717) is 12.1 Å². The molecule has 58 heavy (non-hydrogen) atoms. The summed E-state index contributed by atoms with van der Waals surface area (Å²) in [6, 6.07) is 8.14. The van der Waals surface area contributed by atoms with E-state index >= 15 is 0 Å². The molecular formula is C38H30O20. The lowest BCUT2D eigenvalue weighted by Crippen LogP contribution is -2.62. The van der Waals surface area contributed by atoms with Crippen molar-refractivity contribution in [2.24, 2.45) is 0 Å². The Labute approximate surface area is 323 Å². The van der Waals surface area contributed by atoms with Gasteiger partial charge in [0.25, 0.3) is 0 Å². The number of cyclic esters (lactones) is 1. The molecule has 302 valence electrons. The van der Waals surface area contributed by atoms with Crippen molar-refractivity contribution in [2.45, 2.75) is 30.7 Å². The fourth-order valence-corrected chi connectivity index (χ4v) is 5.89. The van der Waals surface area contributed by atoms with E-state index in [1.807, 2.05) is 0 Å². The van der Waals surface area contributed by atoms with E-state index in [1.165, 1.54) is 12.1 Å². The predicted molar refractivity (Wildman–Crippen MR) is 190 cm³/mol. The Morgan fingerprint density at radius 3 is 1.59 bits per heavy atom. The zero-order chi connectivity index (χ0) is 42.2. The quantitative estimate of drug-likeness (QED) is 0.0575. The number of ether oxygens (including phenoxy) is 5. The number of hydrogen-bond donors (Lipinski definition) is 11. The van der Waals surface area contributed by atoms with Crippen LogP contribution in [0.1, 0.15) is 31.8 Å². The highest BCUT2D eigenvalue weighted by Gasteiger charge is 2.52. The van der Waals surface area contributed by atoms with Crippen molar-refractivity contribution in [1.29, 1.82) is 0 Å². The first kappa shape index (κ1) is 39.8. The fraction of sp³-hybridized carbons (Fsp3) is 0.158. The topological polar surface area (TPSA) is 337 Å². The van der Waals surface area contributed by atoms with E-state index in [4.69, 9.17) is 23.7 Å². The van der Waals surface area contributed by atoms with Crippen molar-refractivity contribution in [3.05, 3.63) is 82.9 Å². The molecule has 20 heteroatoms. The Bertz CT molecular complexity index is 2400. The molecule has 20 nitrogen and oxygen atoms in total. The first-order chi connectivity index (χ1) is 27.4. The van der Waals surface area contributed by atoms with Crippen LogP contribution in [0.3, 0.4) is 0 Å². The van der Waals surface area contributed by atoms with Crippen molar-refractivity contribution in [1.82, 2.24) is 0 Å². The van der Waals surface area contributed by atoms with E-state index in [9.17, 15) is 75.3 Å². The zero-order valence-corrected chi connectivity index (χ0v) is 29.1. The molecule has 0 unspecified atom stereocenters. The highest BCUT2D eigenvalue weighted by atomic mass is 16.7. The average Bonchev–Trinajstić information content (AvgIpc) is 3.19. The highest BCUT2D eigenvalue weighted by Crippen LogP contribution is 2.53. The van der Waals surface area contributed by atoms with Crippen LogP contribution in [-0.2, 0) is 33.3 Å². The van der Waals surface area contributed by atoms with E-state index in [1.54, 1.807) is 0 Å². The van der Waals surface area contributed by atoms with Crippen LogP contribution in [0.25, 0.3) is 23.3 Å². The van der Waals surface area contributed by atoms with Gasteiger partial charge in [0.1, 0.15) is 12.7 Å². The van der Waals surface area contributed by atoms with Crippen LogP contribution in [0.15, 0.2) is 60.7 Å². The Hall–Kier alpha value is -7.84. The second-order valence-electron chi connectivity index (χ2n) is 12.5. The number of phenolic OH excluding ortho intramolecular Hbond substituents is 10. The summed E-state index contributed by atoms with van der Waals surface area (Å²) in [6.07, 6.45) is -6.41. The van der Waals surface area contributed by atoms with E-state index in [0.717, 1.165) is 48.6 Å². The van der Waals surface area contributed by atoms with Gasteiger partial charge in [-0.1, -0.05) is 12.1 Å². The smallest absolute Gasteiger partial charge is 0.339 e. The molecule has 1 fully saturated rings. The molecule has 4 aromatic rings. The number of rotatable bonds is 6. The van der Waals surface area contributed by atoms with Gasteiger partial charge in [0.15, 0.2) is 64.3 Å². The number of esters is 4. The van der Waals surface area contributed by atoms with Gasteiger partial charge in [-0.3, -0.25) is 0 Å². The molecule has 2 aliphatic heterocycles. The molecule has 0 spiro atoms. The van der Waals surface area contributed by atoms with Crippen molar-refractivity contribution >= 4 is 36.0 Å². The molecule has 0 bridgehead atoms. The second kappa shape index (κ2) is 15.7. The summed E-state index contributed by atoms with van der Waals surface area (Å²) in [5, 5.41) is 113. The SMILES string of the molecule is O=C(C=Cc1ccc(O)c(O)c1)O[C@@H]1O[C@@H]2COC(=O)c3cc(O)c(O)c(O)c3-c3c(cc(O)c(O)c3O)C(=O)O[C@H]2[C@H](OC(=O)C=Cc2ccc(O)c(O)c2)[C@H]1O. The number of aliphatic hydroxyl groups excluding tert-OH is 1. The third-order valence-electron chi connectivity index (χ3n) is 8.74. The Kier molecular flexibility index (Phi) is 10.8. The van der Waals surface area contributed by atoms with Crippen LogP contribution in [-0.4, -0.2) is 117 Å². The molecule has 1 saturated heterocycles. The molecule has 0 amide bonds. The summed E-state index contributed by atoms with van der Waals surface area (Å²) in [5.74, 6) is -14.9. The molecule has 2 aliphatic rings. The fourth-order valence-electron chi connectivity index (χ4n) is 5.89. The lowest BCUT2D eigenvalue weighted by molar-refractivity contribution is -0.292. The summed E-state index contributed by atoms with van der Waals surface area (Å²) in [4.78, 5) is 53.7. The van der Waals surface area contributed by atoms with Crippen molar-refractivity contribution in [3.63, 3.8) is 0 Å². The molecule has 5 atom stereocenters. The molecule has 0 radical (unpaired) electrons. The van der Waals surface area contributed by atoms with E-state index in [2.05, 4.69) is 0 Å². The zero-order valence-electron chi connectivity index (χ0n) is 29.1. The minimum Gasteiger partial charge on any atom is -0.504 e. The maximum atomic E-state index is 14.0. The van der Waals surface area contributed by atoms with Gasteiger partial charge in [-0.2, -0.15) is 0 Å². The maximum absolute atomic E-state index is 14.0. The minimum atomic E-state index is -2.23. The van der Waals surface area contributed by atoms with Gasteiger partial charge < -0.3 is 79.9 Å². The van der Waals surface area contributed by atoms with Gasteiger partial charge in [0.2, 0.25) is 17.8 Å². The number of hydrogen-bond acceptors (Lipinski definition) is 20. The number of aromatic hydroxyl groups is 10. The first-order valence-electron chi connectivity index (χ1n) is 16.5. The Balaban J connectivity index is 1.41. The van der Waals surface area contributed by atoms with Crippen LogP contribution < -0.4 is 0 Å². The summed E-state index contributed by atoms with van der Waals surface area (Å²) in [6.45, 7) is -1.00. The standard InChI is InChI=1S/C38H30O20/c39-18-5-1-14(9-20(18)41)3-7-25(45)56-35-33(51)38(57-26(46)8-4-15-2-6-19(40)21(42)10-15)55-24-13-54-36(52)16-11-22(43)29(47)31(49)27(16)28-17(37(53)58-34(24)35)12-23(44)30(48)32(28)50/h1-12,24,33-35,38-44,47-51H,13H2/t24-,33-,34-,35-,38+/m1/s1. The molecule has 4 aromatic carbocycles. The molecule has 11 N–H and O–H groups in total. The summed E-state index contributed by atoms with van der Waals surface area (Å²) < 4.78 is 27.4. The maximum Gasteiger partial charge on any atom is 0.339 e. The lowest BCUT2D eigenvalue weighted by Gasteiger charge is -2.42. The molecule has 0 aliphatic carbocycles. The third kappa shape index (κ3) is 7.80. The first-order valence-corrected chi connectivity index (χ1v) is 16.5. The molecule has 0 aromatic heterocycles. The molecular weight excluding hydrogens is 776 g/mol. The summed E-state index contributed by atoms with van der Waals surface area (Å²) >= 11 is 0. The van der Waals surface area contributed by atoms with Crippen LogP contribution in [0.2, 0.25) is 0 Å². The molecule has 6 rings (SSSR count). The van der Waals surface area contributed by atoms with Crippen molar-refractivity contribution in [3.8, 4) is 68.6 Å². The van der Waals surface area contributed by atoms with Gasteiger partial charge in [0.05, 0.1) is 11.1 Å². The normalized spacial score (nSPS) is 20.5. The number of phenols is 10. The van der Waals surface area contributed by atoms with Crippen LogP contribution in [0.4, 0.5) is 0 Å². The number of carbonyl (C=O) groups is 4. The molecule has 2 heterocycles. The predicted octanol–water partition coefficient (Wildman–Crippen LogP) is 2.07. The highest BCUT2D eigenvalue weighted by molar-refractivity contribution is 6.08. The third-order valence-corrected chi connectivity index (χ3v) is 8.74. The van der Waals surface area contributed by atoms with Gasteiger partial charge in [-0.25, -0.2) is 19.2 Å². The minimum absolute atomic E-state index is 0.172. The van der Waals surface area contributed by atoms with Crippen molar-refractivity contribution in [2.75, 3.05) is 6.61 Å². The van der Waals surface area contributed by atoms with Crippen LogP contribution >= 0.6 is 0 Å². The number of carbonyl (C=O) groups excluding carboxylic acids is 4. The van der Waals surface area contributed by atoms with Crippen LogP contribution in [0.5, 0.6) is 57.5 Å².